The number of carbonyl (C=O) groups is 2. The molecule has 2 aliphatic rings. The minimum atomic E-state index is -0.789. The molecule has 1 spiro atoms. The maximum Gasteiger partial charge on any atom is 0.410 e. The van der Waals surface area contributed by atoms with Gasteiger partial charge in [0, 0.05) is 13.1 Å². The summed E-state index contributed by atoms with van der Waals surface area (Å²) in [4.78, 5) is 24.1. The molecule has 94 valence electrons. The van der Waals surface area contributed by atoms with Crippen LogP contribution in [-0.2, 0) is 9.53 Å². The quantitative estimate of drug-likeness (QED) is 0.755. The Morgan fingerprint density at radius 1 is 1.53 bits per heavy atom. The fraction of sp³-hybridized carbons (Fsp3) is 0.667. The maximum absolute atomic E-state index is 11.7. The Morgan fingerprint density at radius 2 is 2.24 bits per heavy atom. The Labute approximate surface area is 100 Å². The van der Waals surface area contributed by atoms with E-state index in [9.17, 15) is 9.59 Å². The van der Waals surface area contributed by atoms with E-state index in [0.29, 0.717) is 13.1 Å². The van der Waals surface area contributed by atoms with Crippen molar-refractivity contribution in [2.24, 2.45) is 11.3 Å². The molecule has 0 aromatic rings. The third kappa shape index (κ3) is 2.43. The molecule has 1 saturated heterocycles. The van der Waals surface area contributed by atoms with Crippen LogP contribution >= 0.6 is 0 Å². The van der Waals surface area contributed by atoms with Crippen LogP contribution in [0.4, 0.5) is 4.79 Å². The third-order valence-corrected chi connectivity index (χ3v) is 3.71. The van der Waals surface area contributed by atoms with Gasteiger partial charge >= 0.3 is 12.1 Å². The van der Waals surface area contributed by atoms with E-state index in [-0.39, 0.29) is 30.5 Å². The molecule has 1 atom stereocenters. The van der Waals surface area contributed by atoms with E-state index in [0.717, 1.165) is 12.8 Å². The van der Waals surface area contributed by atoms with E-state index in [4.69, 9.17) is 9.84 Å². The molecule has 5 heteroatoms. The molecule has 1 unspecified atom stereocenters. The second kappa shape index (κ2) is 4.39. The predicted octanol–water partition coefficient (Wildman–Crippen LogP) is 1.50. The topological polar surface area (TPSA) is 66.8 Å². The zero-order chi connectivity index (χ0) is 12.5. The molecule has 1 N–H and O–H groups in total. The first-order valence-electron chi connectivity index (χ1n) is 5.82. The van der Waals surface area contributed by atoms with Gasteiger partial charge in [-0.05, 0) is 24.2 Å². The van der Waals surface area contributed by atoms with Crippen molar-refractivity contribution in [2.75, 3.05) is 19.7 Å². The largest absolute Gasteiger partial charge is 0.481 e. The molecule has 17 heavy (non-hydrogen) atoms. The average molecular weight is 239 g/mol. The molecule has 0 bridgehead atoms. The molecule has 0 aromatic carbocycles. The lowest BCUT2D eigenvalue weighted by molar-refractivity contribution is -0.138. The first-order chi connectivity index (χ1) is 8.07. The van der Waals surface area contributed by atoms with E-state index < -0.39 is 5.97 Å². The molecule has 1 saturated carbocycles. The van der Waals surface area contributed by atoms with Crippen molar-refractivity contribution in [1.82, 2.24) is 4.90 Å². The lowest BCUT2D eigenvalue weighted by atomic mass is 9.90. The SMILES string of the molecule is C=CCOC(=O)N1CC(CC(=O)O)C2(CC2)C1. The highest BCUT2D eigenvalue weighted by Gasteiger charge is 2.56. The van der Waals surface area contributed by atoms with Gasteiger partial charge in [0.25, 0.3) is 0 Å². The van der Waals surface area contributed by atoms with Crippen LogP contribution in [0.2, 0.25) is 0 Å². The highest BCUT2D eigenvalue weighted by Crippen LogP contribution is 2.57. The summed E-state index contributed by atoms with van der Waals surface area (Å²) in [6.07, 6.45) is 3.36. The summed E-state index contributed by atoms with van der Waals surface area (Å²) < 4.78 is 4.97. The number of amides is 1. The predicted molar refractivity (Wildman–Crippen MR) is 60.5 cm³/mol. The number of carboxylic acids is 1. The normalized spacial score (nSPS) is 24.7. The number of carboxylic acid groups (broad SMARTS) is 1. The van der Waals surface area contributed by atoms with Gasteiger partial charge in [0.2, 0.25) is 0 Å². The monoisotopic (exact) mass is 239 g/mol. The molecule has 0 aromatic heterocycles. The number of likely N-dealkylation sites (tertiary alicyclic amines) is 1. The maximum atomic E-state index is 11.7. The van der Waals surface area contributed by atoms with Gasteiger partial charge in [-0.3, -0.25) is 4.79 Å². The van der Waals surface area contributed by atoms with Crippen molar-refractivity contribution >= 4 is 12.1 Å². The second-order valence-corrected chi connectivity index (χ2v) is 4.90. The molecular formula is C12H17NO4. The van der Waals surface area contributed by atoms with Crippen LogP contribution in [0, 0.1) is 11.3 Å². The number of hydrogen-bond acceptors (Lipinski definition) is 3. The van der Waals surface area contributed by atoms with Gasteiger partial charge in [0.05, 0.1) is 6.42 Å². The van der Waals surface area contributed by atoms with Gasteiger partial charge in [-0.1, -0.05) is 12.7 Å². The van der Waals surface area contributed by atoms with Crippen molar-refractivity contribution in [1.29, 1.82) is 0 Å². The average Bonchev–Trinajstić information content (AvgIpc) is 2.95. The summed E-state index contributed by atoms with van der Waals surface area (Å²) in [5.74, 6) is -0.709. The van der Waals surface area contributed by atoms with Crippen molar-refractivity contribution < 1.29 is 19.4 Å². The van der Waals surface area contributed by atoms with Crippen molar-refractivity contribution in [3.63, 3.8) is 0 Å². The highest BCUT2D eigenvalue weighted by molar-refractivity contribution is 5.70. The van der Waals surface area contributed by atoms with Gasteiger partial charge in [-0.15, -0.1) is 0 Å². The molecule has 5 nitrogen and oxygen atoms in total. The van der Waals surface area contributed by atoms with Gasteiger partial charge in [0.1, 0.15) is 6.61 Å². The van der Waals surface area contributed by atoms with Crippen molar-refractivity contribution in [2.45, 2.75) is 19.3 Å². The standard InChI is InChI=1S/C12H17NO4/c1-2-5-17-11(16)13-7-9(6-10(14)15)12(8-13)3-4-12/h2,9H,1,3-8H2,(H,14,15). The van der Waals surface area contributed by atoms with Crippen molar-refractivity contribution in [3.8, 4) is 0 Å². The Hall–Kier alpha value is -1.52. The van der Waals surface area contributed by atoms with Crippen LogP contribution in [0.1, 0.15) is 19.3 Å². The Balaban J connectivity index is 1.93. The fourth-order valence-electron chi connectivity index (χ4n) is 2.61. The number of aliphatic carboxylic acids is 1. The number of carbonyl (C=O) groups excluding carboxylic acids is 1. The summed E-state index contributed by atoms with van der Waals surface area (Å²) in [7, 11) is 0. The highest BCUT2D eigenvalue weighted by atomic mass is 16.6. The molecular weight excluding hydrogens is 222 g/mol. The Morgan fingerprint density at radius 3 is 2.76 bits per heavy atom. The van der Waals surface area contributed by atoms with Crippen LogP contribution in [0.3, 0.4) is 0 Å². The van der Waals surface area contributed by atoms with Crippen LogP contribution in [0.25, 0.3) is 0 Å². The number of nitrogens with zero attached hydrogens (tertiary/aromatic N) is 1. The molecule has 1 aliphatic carbocycles. The lowest BCUT2D eigenvalue weighted by Gasteiger charge is -2.15. The van der Waals surface area contributed by atoms with Crippen LogP contribution in [0.15, 0.2) is 12.7 Å². The zero-order valence-corrected chi connectivity index (χ0v) is 9.72. The smallest absolute Gasteiger partial charge is 0.410 e. The molecule has 1 amide bonds. The molecule has 1 aliphatic heterocycles. The van der Waals surface area contributed by atoms with E-state index >= 15 is 0 Å². The van der Waals surface area contributed by atoms with Gasteiger partial charge in [0.15, 0.2) is 0 Å². The van der Waals surface area contributed by atoms with E-state index in [1.54, 1.807) is 4.90 Å². The van der Waals surface area contributed by atoms with E-state index in [1.807, 2.05) is 0 Å². The number of hydrogen-bond donors (Lipinski definition) is 1. The first kappa shape index (κ1) is 12.0. The summed E-state index contributed by atoms with van der Waals surface area (Å²) in [5.41, 5.74) is 0.0611. The fourth-order valence-corrected chi connectivity index (χ4v) is 2.61. The Kier molecular flexibility index (Phi) is 3.09. The van der Waals surface area contributed by atoms with E-state index in [1.165, 1.54) is 6.08 Å². The van der Waals surface area contributed by atoms with Crippen LogP contribution in [-0.4, -0.2) is 41.8 Å². The molecule has 1 heterocycles. The minimum Gasteiger partial charge on any atom is -0.481 e. The summed E-state index contributed by atoms with van der Waals surface area (Å²) in [5, 5.41) is 8.85. The second-order valence-electron chi connectivity index (χ2n) is 4.90. The summed E-state index contributed by atoms with van der Waals surface area (Å²) in [6, 6.07) is 0. The van der Waals surface area contributed by atoms with Gasteiger partial charge < -0.3 is 14.7 Å². The van der Waals surface area contributed by atoms with Crippen molar-refractivity contribution in [3.05, 3.63) is 12.7 Å². The molecule has 2 rings (SSSR count). The zero-order valence-electron chi connectivity index (χ0n) is 9.72. The van der Waals surface area contributed by atoms with Gasteiger partial charge in [-0.25, -0.2) is 4.79 Å². The van der Waals surface area contributed by atoms with Crippen LogP contribution in [0.5, 0.6) is 0 Å². The summed E-state index contributed by atoms with van der Waals surface area (Å²) >= 11 is 0. The minimum absolute atomic E-state index is 0.0611. The lowest BCUT2D eigenvalue weighted by Crippen LogP contribution is -2.30. The van der Waals surface area contributed by atoms with Crippen LogP contribution < -0.4 is 0 Å². The number of ether oxygens (including phenoxy) is 1. The third-order valence-electron chi connectivity index (χ3n) is 3.71. The first-order valence-corrected chi connectivity index (χ1v) is 5.82. The molecule has 0 radical (unpaired) electrons. The van der Waals surface area contributed by atoms with Gasteiger partial charge in [-0.2, -0.15) is 0 Å². The molecule has 2 fully saturated rings. The number of rotatable bonds is 4. The summed E-state index contributed by atoms with van der Waals surface area (Å²) in [6.45, 7) is 4.82. The Bertz CT molecular complexity index is 348. The van der Waals surface area contributed by atoms with E-state index in [2.05, 4.69) is 6.58 Å².